The summed E-state index contributed by atoms with van der Waals surface area (Å²) in [6.45, 7) is -0.0829. The first-order chi connectivity index (χ1) is 19.4. The Balaban J connectivity index is 1.43. The number of hydroxylamine groups is 1. The number of benzene rings is 2. The molecule has 0 aromatic heterocycles. The smallest absolute Gasteiger partial charge is 0.414 e. The highest BCUT2D eigenvalue weighted by Gasteiger charge is 2.35. The molecule has 4 rings (SSSR count). The molecular formula is C24H25F4N5O7S. The van der Waals surface area contributed by atoms with Crippen LogP contribution in [0.3, 0.4) is 0 Å². The Bertz CT molecular complexity index is 1400. The second kappa shape index (κ2) is 12.3. The minimum Gasteiger partial charge on any atom is -0.442 e. The number of carbonyl (C=O) groups is 3. The van der Waals surface area contributed by atoms with Crippen molar-refractivity contribution >= 4 is 45.0 Å². The maximum atomic E-state index is 15.2. The van der Waals surface area contributed by atoms with Crippen molar-refractivity contribution in [3.8, 4) is 0 Å². The van der Waals surface area contributed by atoms with E-state index in [0.29, 0.717) is 5.69 Å². The van der Waals surface area contributed by atoms with E-state index in [2.05, 4.69) is 5.32 Å². The predicted molar refractivity (Wildman–Crippen MR) is 136 cm³/mol. The van der Waals surface area contributed by atoms with Crippen molar-refractivity contribution in [2.75, 3.05) is 54.4 Å². The third-order valence-corrected chi connectivity index (χ3v) is 7.79. The molecule has 2 heterocycles. The van der Waals surface area contributed by atoms with Gasteiger partial charge in [0.05, 0.1) is 36.8 Å². The first-order valence-electron chi connectivity index (χ1n) is 12.2. The number of halogens is 4. The van der Waals surface area contributed by atoms with E-state index in [1.165, 1.54) is 36.1 Å². The number of carbonyl (C=O) groups excluding carboxylic acids is 3. The third kappa shape index (κ3) is 6.86. The van der Waals surface area contributed by atoms with Gasteiger partial charge in [-0.2, -0.15) is 8.78 Å². The number of sulfonamides is 1. The van der Waals surface area contributed by atoms with E-state index in [4.69, 9.17) is 9.57 Å². The largest absolute Gasteiger partial charge is 0.442 e. The number of rotatable bonds is 8. The lowest BCUT2D eigenvalue weighted by atomic mass is 10.2. The van der Waals surface area contributed by atoms with Crippen LogP contribution in [0.5, 0.6) is 0 Å². The molecule has 3 amide bonds. The Labute approximate surface area is 231 Å². The van der Waals surface area contributed by atoms with Gasteiger partial charge in [-0.15, -0.1) is 0 Å². The first-order valence-corrected chi connectivity index (χ1v) is 13.6. The summed E-state index contributed by atoms with van der Waals surface area (Å²) in [6.07, 6.45) is -5.26. The second-order valence-corrected chi connectivity index (χ2v) is 10.8. The van der Waals surface area contributed by atoms with Gasteiger partial charge >= 0.3 is 12.5 Å². The monoisotopic (exact) mass is 603 g/mol. The summed E-state index contributed by atoms with van der Waals surface area (Å²) in [5.41, 5.74) is -0.274. The Morgan fingerprint density at radius 2 is 1.73 bits per heavy atom. The third-order valence-electron chi connectivity index (χ3n) is 6.10. The highest BCUT2D eigenvalue weighted by atomic mass is 32.2. The highest BCUT2D eigenvalue weighted by Crippen LogP contribution is 2.32. The number of amides is 3. The normalized spacial score (nSPS) is 18.3. The Morgan fingerprint density at radius 1 is 1.07 bits per heavy atom. The highest BCUT2D eigenvalue weighted by molar-refractivity contribution is 7.89. The van der Waals surface area contributed by atoms with Gasteiger partial charge in [0.2, 0.25) is 5.91 Å². The van der Waals surface area contributed by atoms with E-state index in [1.54, 1.807) is 0 Å². The molecule has 0 radical (unpaired) electrons. The van der Waals surface area contributed by atoms with Crippen molar-refractivity contribution in [1.82, 2.24) is 9.79 Å². The van der Waals surface area contributed by atoms with Gasteiger partial charge in [-0.05, 0) is 24.3 Å². The van der Waals surface area contributed by atoms with Crippen molar-refractivity contribution in [1.29, 1.82) is 0 Å². The zero-order chi connectivity index (χ0) is 29.9. The lowest BCUT2D eigenvalue weighted by molar-refractivity contribution is -0.132. The average Bonchev–Trinajstić information content (AvgIpc) is 3.10. The fraction of sp³-hybridized carbons (Fsp3) is 0.375. The molecule has 0 spiro atoms. The SMILES string of the molecule is CC(=O)Nc1ccc(S(=O)(=O)N2CCN(c3c(F)cc(N4C[C@H](CNC(=O)C(F)F)OC4=O)cc3F)CCO2)cc1. The molecule has 0 bridgehead atoms. The zero-order valence-corrected chi connectivity index (χ0v) is 22.3. The van der Waals surface area contributed by atoms with Crippen molar-refractivity contribution < 1.29 is 49.9 Å². The molecule has 41 heavy (non-hydrogen) atoms. The number of hydrogen-bond acceptors (Lipinski definition) is 8. The van der Waals surface area contributed by atoms with Crippen LogP contribution in [0, 0.1) is 11.6 Å². The van der Waals surface area contributed by atoms with Gasteiger partial charge in [-0.3, -0.25) is 19.3 Å². The second-order valence-electron chi connectivity index (χ2n) is 8.98. The molecule has 0 aliphatic carbocycles. The van der Waals surface area contributed by atoms with Crippen LogP contribution in [0.2, 0.25) is 0 Å². The average molecular weight is 604 g/mol. The molecule has 2 fully saturated rings. The molecule has 2 aromatic rings. The summed E-state index contributed by atoms with van der Waals surface area (Å²) in [6, 6.07) is 7.15. The predicted octanol–water partition coefficient (Wildman–Crippen LogP) is 2.07. The molecule has 2 N–H and O–H groups in total. The molecule has 2 saturated heterocycles. The standard InChI is InChI=1S/C24H25F4N5O7S/c1-14(34)30-15-2-4-18(5-3-15)41(37,38)33-7-6-31(8-9-39-33)21-19(25)10-16(11-20(21)26)32-13-17(40-24(32)36)12-29-23(35)22(27)28/h2-5,10-11,17,22H,6-9,12-13H2,1H3,(H,29,35)(H,30,34)/t17-/m0/s1. The van der Waals surface area contributed by atoms with Crippen LogP contribution in [-0.2, 0) is 29.2 Å². The number of ether oxygens (including phenoxy) is 1. The number of nitrogens with zero attached hydrogens (tertiary/aromatic N) is 3. The number of anilines is 3. The van der Waals surface area contributed by atoms with Crippen LogP contribution in [0.4, 0.5) is 39.4 Å². The Kier molecular flexibility index (Phi) is 8.98. The quantitative estimate of drug-likeness (QED) is 0.438. The summed E-state index contributed by atoms with van der Waals surface area (Å²) in [7, 11) is -4.14. The molecule has 0 saturated carbocycles. The first kappa shape index (κ1) is 30.0. The minimum absolute atomic E-state index is 0.0711. The lowest BCUT2D eigenvalue weighted by Gasteiger charge is -2.24. The minimum atomic E-state index is -4.14. The number of nitrogens with one attached hydrogen (secondary N) is 2. The summed E-state index contributed by atoms with van der Waals surface area (Å²) < 4.78 is 86.9. The topological polar surface area (TPSA) is 138 Å². The lowest BCUT2D eigenvalue weighted by Crippen LogP contribution is -2.37. The fourth-order valence-corrected chi connectivity index (χ4v) is 5.47. The van der Waals surface area contributed by atoms with E-state index in [-0.39, 0.29) is 49.3 Å². The molecule has 1 atom stereocenters. The van der Waals surface area contributed by atoms with Crippen LogP contribution in [0.25, 0.3) is 0 Å². The summed E-state index contributed by atoms with van der Waals surface area (Å²) >= 11 is 0. The number of alkyl halides is 2. The van der Waals surface area contributed by atoms with E-state index in [1.807, 2.05) is 5.32 Å². The molecule has 222 valence electrons. The van der Waals surface area contributed by atoms with E-state index < -0.39 is 58.4 Å². The van der Waals surface area contributed by atoms with E-state index in [0.717, 1.165) is 21.5 Å². The molecule has 2 aliphatic rings. The van der Waals surface area contributed by atoms with Gasteiger partial charge < -0.3 is 20.3 Å². The number of hydrogen-bond donors (Lipinski definition) is 2. The van der Waals surface area contributed by atoms with Crippen molar-refractivity contribution in [2.24, 2.45) is 0 Å². The zero-order valence-electron chi connectivity index (χ0n) is 21.5. The Morgan fingerprint density at radius 3 is 2.34 bits per heavy atom. The fourth-order valence-electron chi connectivity index (χ4n) is 4.22. The Hall–Kier alpha value is -3.96. The summed E-state index contributed by atoms with van der Waals surface area (Å²) in [5, 5.41) is 4.43. The molecular weight excluding hydrogens is 578 g/mol. The van der Waals surface area contributed by atoms with Crippen LogP contribution in [0.15, 0.2) is 41.3 Å². The molecule has 12 nitrogen and oxygen atoms in total. The summed E-state index contributed by atoms with van der Waals surface area (Å²) in [5.74, 6) is -3.97. The molecule has 17 heteroatoms. The number of cyclic esters (lactones) is 1. The van der Waals surface area contributed by atoms with Gasteiger partial charge in [0.25, 0.3) is 15.9 Å². The van der Waals surface area contributed by atoms with Gasteiger partial charge in [0.15, 0.2) is 11.6 Å². The van der Waals surface area contributed by atoms with Gasteiger partial charge in [-0.25, -0.2) is 22.0 Å². The maximum absolute atomic E-state index is 15.2. The van der Waals surface area contributed by atoms with Crippen molar-refractivity contribution in [3.63, 3.8) is 0 Å². The van der Waals surface area contributed by atoms with Crippen LogP contribution in [0.1, 0.15) is 6.92 Å². The molecule has 2 aliphatic heterocycles. The maximum Gasteiger partial charge on any atom is 0.414 e. The summed E-state index contributed by atoms with van der Waals surface area (Å²) in [4.78, 5) is 41.9. The van der Waals surface area contributed by atoms with Gasteiger partial charge in [0, 0.05) is 37.8 Å². The van der Waals surface area contributed by atoms with Crippen LogP contribution in [-0.4, -0.2) is 82.7 Å². The van der Waals surface area contributed by atoms with Crippen LogP contribution >= 0.6 is 0 Å². The van der Waals surface area contributed by atoms with Crippen molar-refractivity contribution in [3.05, 3.63) is 48.0 Å². The van der Waals surface area contributed by atoms with Gasteiger partial charge in [0.1, 0.15) is 11.8 Å². The van der Waals surface area contributed by atoms with Crippen molar-refractivity contribution in [2.45, 2.75) is 24.3 Å². The molecule has 2 aromatic carbocycles. The van der Waals surface area contributed by atoms with E-state index in [9.17, 15) is 31.6 Å². The molecule has 0 unspecified atom stereocenters. The van der Waals surface area contributed by atoms with Crippen LogP contribution < -0.4 is 20.4 Å². The van der Waals surface area contributed by atoms with Gasteiger partial charge in [-0.1, -0.05) is 4.47 Å². The van der Waals surface area contributed by atoms with E-state index >= 15 is 8.78 Å².